The predicted molar refractivity (Wildman–Crippen MR) is 61.5 cm³/mol. The third kappa shape index (κ3) is 2.27. The van der Waals surface area contributed by atoms with Gasteiger partial charge in [-0.3, -0.25) is 4.79 Å². The molecule has 0 bridgehead atoms. The Labute approximate surface area is 106 Å². The van der Waals surface area contributed by atoms with Crippen LogP contribution >= 0.6 is 12.4 Å². The van der Waals surface area contributed by atoms with Gasteiger partial charge in [0, 0.05) is 12.5 Å². The van der Waals surface area contributed by atoms with Gasteiger partial charge in [0.25, 0.3) is 5.92 Å². The van der Waals surface area contributed by atoms with Crippen LogP contribution < -0.4 is 5.32 Å². The summed E-state index contributed by atoms with van der Waals surface area (Å²) in [5, 5.41) is 3.00. The lowest BCUT2D eigenvalue weighted by Gasteiger charge is -2.23. The Hall–Kier alpha value is -0.420. The molecule has 3 nitrogen and oxygen atoms in total. The summed E-state index contributed by atoms with van der Waals surface area (Å²) in [5.74, 6) is -4.03. The molecule has 2 aliphatic rings. The number of carbonyl (C=O) groups is 1. The second kappa shape index (κ2) is 5.06. The minimum Gasteiger partial charge on any atom is -0.466 e. The minimum absolute atomic E-state index is 0. The molecule has 1 aliphatic carbocycles. The maximum absolute atomic E-state index is 13.7. The quantitative estimate of drug-likeness (QED) is 0.797. The van der Waals surface area contributed by atoms with Crippen LogP contribution in [0.4, 0.5) is 8.78 Å². The number of alkyl halides is 2. The maximum atomic E-state index is 13.7. The Morgan fingerprint density at radius 2 is 2.24 bits per heavy atom. The van der Waals surface area contributed by atoms with E-state index in [2.05, 4.69) is 5.32 Å². The summed E-state index contributed by atoms with van der Waals surface area (Å²) < 4.78 is 32.1. The highest BCUT2D eigenvalue weighted by Gasteiger charge is 2.79. The topological polar surface area (TPSA) is 38.3 Å². The molecule has 2 atom stereocenters. The summed E-state index contributed by atoms with van der Waals surface area (Å²) in [5.41, 5.74) is -0.974. The standard InChI is InChI=1S/C11H17F2NO2.ClH/c1-2-16-9(15)6-8-10(11(8,12)13)4-3-5-14-7-10;/h8,14H,2-7H2,1H3;1H. The highest BCUT2D eigenvalue weighted by Crippen LogP contribution is 2.69. The van der Waals surface area contributed by atoms with E-state index in [-0.39, 0.29) is 25.4 Å². The monoisotopic (exact) mass is 269 g/mol. The molecule has 2 fully saturated rings. The summed E-state index contributed by atoms with van der Waals surface area (Å²) in [6, 6.07) is 0. The molecule has 0 radical (unpaired) electrons. The molecule has 1 heterocycles. The average molecular weight is 270 g/mol. The van der Waals surface area contributed by atoms with Gasteiger partial charge in [0.2, 0.25) is 0 Å². The molecule has 0 aromatic carbocycles. The van der Waals surface area contributed by atoms with E-state index in [4.69, 9.17) is 4.74 Å². The summed E-state index contributed by atoms with van der Waals surface area (Å²) >= 11 is 0. The summed E-state index contributed by atoms with van der Waals surface area (Å²) in [6.07, 6.45) is 1.12. The zero-order valence-corrected chi connectivity index (χ0v) is 10.6. The van der Waals surface area contributed by atoms with Crippen molar-refractivity contribution in [2.24, 2.45) is 11.3 Å². The average Bonchev–Trinajstić information content (AvgIpc) is 2.66. The first kappa shape index (κ1) is 14.6. The molecule has 1 saturated carbocycles. The van der Waals surface area contributed by atoms with Gasteiger partial charge < -0.3 is 10.1 Å². The number of esters is 1. The maximum Gasteiger partial charge on any atom is 0.306 e. The molecule has 0 aromatic rings. The normalized spacial score (nSPS) is 33.9. The number of ether oxygens (including phenoxy) is 1. The highest BCUT2D eigenvalue weighted by atomic mass is 35.5. The van der Waals surface area contributed by atoms with Gasteiger partial charge in [-0.25, -0.2) is 8.78 Å². The fraction of sp³-hybridized carbons (Fsp3) is 0.909. The lowest BCUT2D eigenvalue weighted by atomic mass is 9.92. The van der Waals surface area contributed by atoms with E-state index in [0.29, 0.717) is 13.0 Å². The van der Waals surface area contributed by atoms with E-state index in [1.165, 1.54) is 0 Å². The fourth-order valence-electron chi connectivity index (χ4n) is 2.81. The molecule has 1 aliphatic heterocycles. The van der Waals surface area contributed by atoms with Gasteiger partial charge in [-0.2, -0.15) is 0 Å². The first-order valence-corrected chi connectivity index (χ1v) is 5.79. The molecule has 1 N–H and O–H groups in total. The van der Waals surface area contributed by atoms with Crippen molar-refractivity contribution in [3.63, 3.8) is 0 Å². The second-order valence-electron chi connectivity index (χ2n) is 4.62. The predicted octanol–water partition coefficient (Wildman–Crippen LogP) is 2.00. The summed E-state index contributed by atoms with van der Waals surface area (Å²) in [7, 11) is 0. The van der Waals surface area contributed by atoms with E-state index in [0.717, 1.165) is 13.0 Å². The number of halogens is 3. The highest BCUT2D eigenvalue weighted by molar-refractivity contribution is 5.85. The first-order chi connectivity index (χ1) is 7.54. The summed E-state index contributed by atoms with van der Waals surface area (Å²) in [4.78, 5) is 11.2. The Morgan fingerprint density at radius 3 is 2.76 bits per heavy atom. The lowest BCUT2D eigenvalue weighted by molar-refractivity contribution is -0.144. The van der Waals surface area contributed by atoms with E-state index >= 15 is 0 Å². The van der Waals surface area contributed by atoms with Gasteiger partial charge in [-0.1, -0.05) is 0 Å². The van der Waals surface area contributed by atoms with Gasteiger partial charge in [0.1, 0.15) is 0 Å². The van der Waals surface area contributed by atoms with E-state index < -0.39 is 23.2 Å². The van der Waals surface area contributed by atoms with Crippen LogP contribution in [0.2, 0.25) is 0 Å². The Balaban J connectivity index is 0.00000144. The lowest BCUT2D eigenvalue weighted by Crippen LogP contribution is -2.35. The third-order valence-corrected chi connectivity index (χ3v) is 3.78. The van der Waals surface area contributed by atoms with E-state index in [1.54, 1.807) is 6.92 Å². The molecule has 0 aromatic heterocycles. The van der Waals surface area contributed by atoms with Crippen LogP contribution in [0.3, 0.4) is 0 Å². The second-order valence-corrected chi connectivity index (χ2v) is 4.62. The van der Waals surface area contributed by atoms with Crippen molar-refractivity contribution in [2.75, 3.05) is 19.7 Å². The minimum atomic E-state index is -2.70. The van der Waals surface area contributed by atoms with Crippen LogP contribution in [0, 0.1) is 11.3 Å². The Bertz CT molecular complexity index is 293. The molecule has 0 amide bonds. The van der Waals surface area contributed by atoms with Crippen LogP contribution in [-0.2, 0) is 9.53 Å². The SMILES string of the molecule is CCOC(=O)CC1C(F)(F)C12CCCNC2.Cl. The van der Waals surface area contributed by atoms with Crippen molar-refractivity contribution in [3.05, 3.63) is 0 Å². The van der Waals surface area contributed by atoms with E-state index in [1.807, 2.05) is 0 Å². The van der Waals surface area contributed by atoms with Crippen LogP contribution in [0.15, 0.2) is 0 Å². The van der Waals surface area contributed by atoms with Crippen molar-refractivity contribution in [1.82, 2.24) is 5.32 Å². The van der Waals surface area contributed by atoms with Crippen molar-refractivity contribution in [2.45, 2.75) is 32.1 Å². The number of piperidine rings is 1. The molecule has 1 saturated heterocycles. The van der Waals surface area contributed by atoms with Crippen molar-refractivity contribution in [3.8, 4) is 0 Å². The van der Waals surface area contributed by atoms with E-state index in [9.17, 15) is 13.6 Å². The van der Waals surface area contributed by atoms with Gasteiger partial charge in [-0.15, -0.1) is 12.4 Å². The van der Waals surface area contributed by atoms with Gasteiger partial charge in [0.05, 0.1) is 18.4 Å². The number of hydrogen-bond acceptors (Lipinski definition) is 3. The molecule has 1 spiro atoms. The van der Waals surface area contributed by atoms with Crippen molar-refractivity contribution < 1.29 is 18.3 Å². The largest absolute Gasteiger partial charge is 0.466 e. The van der Waals surface area contributed by atoms with Gasteiger partial charge in [-0.05, 0) is 26.3 Å². The molecule has 2 unspecified atom stereocenters. The zero-order chi connectivity index (χ0) is 11.8. The van der Waals surface area contributed by atoms with Crippen LogP contribution in [-0.4, -0.2) is 31.6 Å². The molecular weight excluding hydrogens is 252 g/mol. The molecule has 6 heteroatoms. The summed E-state index contributed by atoms with van der Waals surface area (Å²) in [6.45, 7) is 3.05. The Kier molecular flexibility index (Phi) is 4.36. The number of rotatable bonds is 3. The molecular formula is C11H18ClF2NO2. The zero-order valence-electron chi connectivity index (χ0n) is 9.80. The molecule has 100 valence electrons. The van der Waals surface area contributed by atoms with Crippen molar-refractivity contribution in [1.29, 1.82) is 0 Å². The van der Waals surface area contributed by atoms with Crippen LogP contribution in [0.5, 0.6) is 0 Å². The van der Waals surface area contributed by atoms with Gasteiger partial charge in [0.15, 0.2) is 0 Å². The number of hydrogen-bond donors (Lipinski definition) is 1. The molecule has 17 heavy (non-hydrogen) atoms. The molecule has 2 rings (SSSR count). The first-order valence-electron chi connectivity index (χ1n) is 5.79. The fourth-order valence-corrected chi connectivity index (χ4v) is 2.81. The number of nitrogens with one attached hydrogen (secondary N) is 1. The van der Waals surface area contributed by atoms with Gasteiger partial charge >= 0.3 is 5.97 Å². The van der Waals surface area contributed by atoms with Crippen LogP contribution in [0.1, 0.15) is 26.2 Å². The Morgan fingerprint density at radius 1 is 1.53 bits per heavy atom. The smallest absolute Gasteiger partial charge is 0.306 e. The van der Waals surface area contributed by atoms with Crippen molar-refractivity contribution >= 4 is 18.4 Å². The number of carbonyl (C=O) groups excluding carboxylic acids is 1. The van der Waals surface area contributed by atoms with Crippen LogP contribution in [0.25, 0.3) is 0 Å². The third-order valence-electron chi connectivity index (χ3n) is 3.78.